The number of carboxylic acid groups (broad SMARTS) is 1. The van der Waals surface area contributed by atoms with Crippen molar-refractivity contribution in [2.24, 2.45) is 5.92 Å². The monoisotopic (exact) mass is 252 g/mol. The van der Waals surface area contributed by atoms with E-state index in [4.69, 9.17) is 5.11 Å². The normalized spacial score (nSPS) is 11.9. The van der Waals surface area contributed by atoms with E-state index in [0.29, 0.717) is 5.69 Å². The van der Waals surface area contributed by atoms with Crippen LogP contribution in [-0.4, -0.2) is 33.3 Å². The fourth-order valence-electron chi connectivity index (χ4n) is 1.30. The van der Waals surface area contributed by atoms with E-state index in [1.807, 2.05) is 0 Å². The van der Waals surface area contributed by atoms with Crippen LogP contribution < -0.4 is 10.6 Å². The highest BCUT2D eigenvalue weighted by Crippen LogP contribution is 2.01. The highest BCUT2D eigenvalue weighted by molar-refractivity contribution is 5.82. The molecule has 0 fully saturated rings. The number of aliphatic carboxylic acids is 1. The number of aromatic nitrogens is 2. The zero-order valence-corrected chi connectivity index (χ0v) is 10.3. The SMILES string of the molecule is CC(C)[C@H](NC(=O)NCc1cccnn1)C(=O)O. The minimum absolute atomic E-state index is 0.190. The summed E-state index contributed by atoms with van der Waals surface area (Å²) >= 11 is 0. The molecule has 1 rings (SSSR count). The number of nitrogens with one attached hydrogen (secondary N) is 2. The number of urea groups is 1. The quantitative estimate of drug-likeness (QED) is 0.703. The van der Waals surface area contributed by atoms with Crippen LogP contribution in [-0.2, 0) is 11.3 Å². The first-order chi connectivity index (χ1) is 8.50. The first-order valence-corrected chi connectivity index (χ1v) is 5.54. The van der Waals surface area contributed by atoms with Gasteiger partial charge in [-0.25, -0.2) is 9.59 Å². The molecule has 0 saturated carbocycles. The van der Waals surface area contributed by atoms with Crippen LogP contribution in [0.1, 0.15) is 19.5 Å². The topological polar surface area (TPSA) is 104 Å². The molecular formula is C11H16N4O3. The molecule has 1 heterocycles. The van der Waals surface area contributed by atoms with Gasteiger partial charge in [0.25, 0.3) is 0 Å². The lowest BCUT2D eigenvalue weighted by Gasteiger charge is -2.18. The van der Waals surface area contributed by atoms with Crippen molar-refractivity contribution in [1.82, 2.24) is 20.8 Å². The van der Waals surface area contributed by atoms with Gasteiger partial charge in [-0.2, -0.15) is 10.2 Å². The third kappa shape index (κ3) is 4.36. The molecule has 0 spiro atoms. The molecule has 0 radical (unpaired) electrons. The molecule has 7 heteroatoms. The van der Waals surface area contributed by atoms with E-state index in [9.17, 15) is 9.59 Å². The summed E-state index contributed by atoms with van der Waals surface area (Å²) in [4.78, 5) is 22.4. The number of hydrogen-bond donors (Lipinski definition) is 3. The number of nitrogens with zero attached hydrogens (tertiary/aromatic N) is 2. The minimum Gasteiger partial charge on any atom is -0.480 e. The Morgan fingerprint density at radius 2 is 2.17 bits per heavy atom. The Labute approximate surface area is 105 Å². The van der Waals surface area contributed by atoms with Crippen molar-refractivity contribution in [2.45, 2.75) is 26.4 Å². The molecule has 1 aromatic heterocycles. The molecule has 0 saturated heterocycles. The summed E-state index contributed by atoms with van der Waals surface area (Å²) in [5.41, 5.74) is 0.601. The van der Waals surface area contributed by atoms with Crippen LogP contribution in [0.5, 0.6) is 0 Å². The highest BCUT2D eigenvalue weighted by atomic mass is 16.4. The van der Waals surface area contributed by atoms with E-state index < -0.39 is 18.0 Å². The van der Waals surface area contributed by atoms with Crippen LogP contribution >= 0.6 is 0 Å². The van der Waals surface area contributed by atoms with E-state index in [1.165, 1.54) is 6.20 Å². The van der Waals surface area contributed by atoms with Gasteiger partial charge in [0.05, 0.1) is 12.2 Å². The van der Waals surface area contributed by atoms with Crippen molar-refractivity contribution in [2.75, 3.05) is 0 Å². The first-order valence-electron chi connectivity index (χ1n) is 5.54. The third-order valence-corrected chi connectivity index (χ3v) is 2.28. The zero-order valence-electron chi connectivity index (χ0n) is 10.3. The summed E-state index contributed by atoms with van der Waals surface area (Å²) in [6.45, 7) is 3.65. The van der Waals surface area contributed by atoms with Gasteiger partial charge in [0.1, 0.15) is 6.04 Å². The fraction of sp³-hybridized carbons (Fsp3) is 0.455. The van der Waals surface area contributed by atoms with Crippen molar-refractivity contribution in [3.63, 3.8) is 0 Å². The molecule has 1 aromatic rings. The number of carboxylic acids is 1. The second-order valence-corrected chi connectivity index (χ2v) is 4.10. The molecule has 7 nitrogen and oxygen atoms in total. The number of carbonyl (C=O) groups is 2. The molecule has 2 amide bonds. The lowest BCUT2D eigenvalue weighted by atomic mass is 10.1. The van der Waals surface area contributed by atoms with E-state index in [-0.39, 0.29) is 12.5 Å². The second kappa shape index (κ2) is 6.53. The Hall–Kier alpha value is -2.18. The lowest BCUT2D eigenvalue weighted by molar-refractivity contribution is -0.140. The molecule has 98 valence electrons. The average molecular weight is 252 g/mol. The van der Waals surface area contributed by atoms with Crippen LogP contribution in [0.2, 0.25) is 0 Å². The largest absolute Gasteiger partial charge is 0.480 e. The Kier molecular flexibility index (Phi) is 5.04. The van der Waals surface area contributed by atoms with Gasteiger partial charge in [0.2, 0.25) is 0 Å². The maximum Gasteiger partial charge on any atom is 0.326 e. The van der Waals surface area contributed by atoms with Gasteiger partial charge in [0.15, 0.2) is 0 Å². The van der Waals surface area contributed by atoms with Crippen molar-refractivity contribution in [3.05, 3.63) is 24.0 Å². The molecule has 18 heavy (non-hydrogen) atoms. The number of hydrogen-bond acceptors (Lipinski definition) is 4. The molecule has 1 atom stereocenters. The summed E-state index contributed by atoms with van der Waals surface area (Å²) in [5, 5.41) is 21.3. The third-order valence-electron chi connectivity index (χ3n) is 2.28. The fourth-order valence-corrected chi connectivity index (χ4v) is 1.30. The number of carbonyl (C=O) groups excluding carboxylic acids is 1. The van der Waals surface area contributed by atoms with Crippen LogP contribution in [0.3, 0.4) is 0 Å². The van der Waals surface area contributed by atoms with E-state index in [2.05, 4.69) is 20.8 Å². The van der Waals surface area contributed by atoms with Crippen LogP contribution in [0.15, 0.2) is 18.3 Å². The molecule has 0 unspecified atom stereocenters. The van der Waals surface area contributed by atoms with E-state index in [0.717, 1.165) is 0 Å². The smallest absolute Gasteiger partial charge is 0.326 e. The summed E-state index contributed by atoms with van der Waals surface area (Å²) in [5.74, 6) is -1.25. The van der Waals surface area contributed by atoms with E-state index in [1.54, 1.807) is 26.0 Å². The van der Waals surface area contributed by atoms with Crippen LogP contribution in [0, 0.1) is 5.92 Å². The van der Waals surface area contributed by atoms with Gasteiger partial charge in [-0.15, -0.1) is 0 Å². The standard InChI is InChI=1S/C11H16N4O3/c1-7(2)9(10(16)17)14-11(18)12-6-8-4-3-5-13-15-8/h3-5,7,9H,6H2,1-2H3,(H,16,17)(H2,12,14,18)/t9-/m0/s1. The molecule has 3 N–H and O–H groups in total. The number of amides is 2. The predicted molar refractivity (Wildman–Crippen MR) is 63.7 cm³/mol. The second-order valence-electron chi connectivity index (χ2n) is 4.10. The Morgan fingerprint density at radius 1 is 1.44 bits per heavy atom. The van der Waals surface area contributed by atoms with E-state index >= 15 is 0 Å². The van der Waals surface area contributed by atoms with Crippen LogP contribution in [0.4, 0.5) is 4.79 Å². The van der Waals surface area contributed by atoms with Gasteiger partial charge in [0, 0.05) is 6.20 Å². The summed E-state index contributed by atoms with van der Waals surface area (Å²) in [6.07, 6.45) is 1.53. The zero-order chi connectivity index (χ0) is 13.5. The molecule has 0 aliphatic carbocycles. The molecule has 0 aliphatic rings. The Bertz CT molecular complexity index is 408. The maximum atomic E-state index is 11.5. The summed E-state index contributed by atoms with van der Waals surface area (Å²) < 4.78 is 0. The maximum absolute atomic E-state index is 11.5. The summed E-state index contributed by atoms with van der Waals surface area (Å²) in [6, 6.07) is 1.97. The van der Waals surface area contributed by atoms with Crippen LogP contribution in [0.25, 0.3) is 0 Å². The van der Waals surface area contributed by atoms with Gasteiger partial charge in [-0.1, -0.05) is 13.8 Å². The number of rotatable bonds is 5. The predicted octanol–water partition coefficient (Wildman–Crippen LogP) is 0.385. The Balaban J connectivity index is 2.44. The average Bonchev–Trinajstić information content (AvgIpc) is 2.34. The van der Waals surface area contributed by atoms with Gasteiger partial charge in [-0.3, -0.25) is 0 Å². The molecule has 0 aliphatic heterocycles. The van der Waals surface area contributed by atoms with Crippen molar-refractivity contribution in [3.8, 4) is 0 Å². The van der Waals surface area contributed by atoms with Crippen molar-refractivity contribution < 1.29 is 14.7 Å². The lowest BCUT2D eigenvalue weighted by Crippen LogP contribution is -2.48. The van der Waals surface area contributed by atoms with Gasteiger partial charge < -0.3 is 15.7 Å². The first kappa shape index (κ1) is 13.9. The molecular weight excluding hydrogens is 236 g/mol. The van der Waals surface area contributed by atoms with Gasteiger partial charge >= 0.3 is 12.0 Å². The minimum atomic E-state index is -1.06. The van der Waals surface area contributed by atoms with Crippen molar-refractivity contribution >= 4 is 12.0 Å². The Morgan fingerprint density at radius 3 is 2.67 bits per heavy atom. The van der Waals surface area contributed by atoms with Gasteiger partial charge in [-0.05, 0) is 18.1 Å². The molecule has 0 bridgehead atoms. The molecule has 0 aromatic carbocycles. The summed E-state index contributed by atoms with van der Waals surface area (Å²) in [7, 11) is 0. The van der Waals surface area contributed by atoms with Crippen molar-refractivity contribution in [1.29, 1.82) is 0 Å². The highest BCUT2D eigenvalue weighted by Gasteiger charge is 2.23.